The van der Waals surface area contributed by atoms with Crippen LogP contribution in [-0.4, -0.2) is 37.4 Å². The second-order valence-electron chi connectivity index (χ2n) is 3.50. The van der Waals surface area contributed by atoms with Crippen LogP contribution in [0.3, 0.4) is 0 Å². The normalized spacial score (nSPS) is 10.3. The third-order valence-corrected chi connectivity index (χ3v) is 1.98. The Morgan fingerprint density at radius 2 is 2.07 bits per heavy atom. The number of hydrogen-bond acceptors (Lipinski definition) is 3. The molecule has 90 valence electrons. The summed E-state index contributed by atoms with van der Waals surface area (Å²) in [6.07, 6.45) is 4.14. The lowest BCUT2D eigenvalue weighted by molar-refractivity contribution is -0.122. The first-order valence-electron chi connectivity index (χ1n) is 5.76. The Morgan fingerprint density at radius 3 is 2.73 bits per heavy atom. The number of carbonyl (C=O) groups excluding carboxylic acids is 1. The Kier molecular flexibility index (Phi) is 11.0. The molecule has 0 radical (unpaired) electrons. The number of unbranched alkanes of at least 4 members (excludes halogenated alkanes) is 2. The maximum atomic E-state index is 11.2. The fourth-order valence-electron chi connectivity index (χ4n) is 1.14. The summed E-state index contributed by atoms with van der Waals surface area (Å²) in [6.45, 7) is 4.22. The predicted molar refractivity (Wildman–Crippen MR) is 59.7 cm³/mol. The molecule has 0 unspecified atom stereocenters. The maximum absolute atomic E-state index is 11.2. The van der Waals surface area contributed by atoms with Gasteiger partial charge in [-0.2, -0.15) is 0 Å². The van der Waals surface area contributed by atoms with Gasteiger partial charge in [-0.05, 0) is 25.7 Å². The standard InChI is InChI=1S/C11H23NO3/c1-2-9-15-10-6-11(14)12-7-4-3-5-8-13/h13H,2-10H2,1H3,(H,12,14). The molecule has 2 N–H and O–H groups in total. The minimum atomic E-state index is 0.0510. The lowest BCUT2D eigenvalue weighted by Crippen LogP contribution is -2.25. The molecule has 0 saturated carbocycles. The summed E-state index contributed by atoms with van der Waals surface area (Å²) >= 11 is 0. The van der Waals surface area contributed by atoms with Crippen molar-refractivity contribution >= 4 is 5.91 Å². The van der Waals surface area contributed by atoms with Gasteiger partial charge in [-0.15, -0.1) is 0 Å². The number of carbonyl (C=O) groups is 1. The zero-order valence-electron chi connectivity index (χ0n) is 9.63. The van der Waals surface area contributed by atoms with Gasteiger partial charge in [-0.1, -0.05) is 6.92 Å². The molecule has 0 fully saturated rings. The third kappa shape index (κ3) is 11.3. The minimum absolute atomic E-state index is 0.0510. The molecule has 1 amide bonds. The number of nitrogens with one attached hydrogen (secondary N) is 1. The highest BCUT2D eigenvalue weighted by atomic mass is 16.5. The molecule has 0 heterocycles. The fraction of sp³-hybridized carbons (Fsp3) is 0.909. The SMILES string of the molecule is CCCOCCC(=O)NCCCCCO. The van der Waals surface area contributed by atoms with E-state index in [1.807, 2.05) is 6.92 Å². The van der Waals surface area contributed by atoms with Gasteiger partial charge in [-0.25, -0.2) is 0 Å². The highest BCUT2D eigenvalue weighted by Gasteiger charge is 1.99. The van der Waals surface area contributed by atoms with Gasteiger partial charge in [0.05, 0.1) is 6.61 Å². The molecule has 0 saturated heterocycles. The number of amides is 1. The van der Waals surface area contributed by atoms with Gasteiger partial charge >= 0.3 is 0 Å². The van der Waals surface area contributed by atoms with Crippen molar-refractivity contribution in [3.63, 3.8) is 0 Å². The Balaban J connectivity index is 3.11. The smallest absolute Gasteiger partial charge is 0.222 e. The molecule has 0 aliphatic heterocycles. The lowest BCUT2D eigenvalue weighted by Gasteiger charge is -2.05. The van der Waals surface area contributed by atoms with E-state index in [0.717, 1.165) is 32.3 Å². The topological polar surface area (TPSA) is 58.6 Å². The van der Waals surface area contributed by atoms with E-state index in [9.17, 15) is 4.79 Å². The molecule has 0 rings (SSSR count). The van der Waals surface area contributed by atoms with E-state index in [4.69, 9.17) is 9.84 Å². The van der Waals surface area contributed by atoms with Crippen LogP contribution in [0.1, 0.15) is 39.0 Å². The van der Waals surface area contributed by atoms with E-state index in [1.165, 1.54) is 0 Å². The molecule has 4 nitrogen and oxygen atoms in total. The first-order chi connectivity index (χ1) is 7.31. The number of hydrogen-bond donors (Lipinski definition) is 2. The minimum Gasteiger partial charge on any atom is -0.396 e. The van der Waals surface area contributed by atoms with Crippen molar-refractivity contribution in [3.05, 3.63) is 0 Å². The molecule has 15 heavy (non-hydrogen) atoms. The molecule has 0 aromatic rings. The molecule has 0 atom stereocenters. The van der Waals surface area contributed by atoms with E-state index in [1.54, 1.807) is 0 Å². The molecule has 0 aromatic carbocycles. The second kappa shape index (κ2) is 11.5. The van der Waals surface area contributed by atoms with Gasteiger partial charge in [0.15, 0.2) is 0 Å². The molecule has 0 aliphatic carbocycles. The Hall–Kier alpha value is -0.610. The summed E-state index contributed by atoms with van der Waals surface area (Å²) in [5.74, 6) is 0.0510. The van der Waals surface area contributed by atoms with Crippen molar-refractivity contribution < 1.29 is 14.6 Å². The maximum Gasteiger partial charge on any atom is 0.222 e. The van der Waals surface area contributed by atoms with Crippen molar-refractivity contribution in [3.8, 4) is 0 Å². The van der Waals surface area contributed by atoms with Gasteiger partial charge < -0.3 is 15.2 Å². The third-order valence-electron chi connectivity index (χ3n) is 1.98. The molecular formula is C11H23NO3. The van der Waals surface area contributed by atoms with Crippen LogP contribution in [0.25, 0.3) is 0 Å². The Labute approximate surface area is 92.0 Å². The van der Waals surface area contributed by atoms with Crippen LogP contribution in [0.4, 0.5) is 0 Å². The van der Waals surface area contributed by atoms with Gasteiger partial charge in [-0.3, -0.25) is 4.79 Å². The Morgan fingerprint density at radius 1 is 1.27 bits per heavy atom. The van der Waals surface area contributed by atoms with Crippen LogP contribution in [-0.2, 0) is 9.53 Å². The molecule has 4 heteroatoms. The van der Waals surface area contributed by atoms with E-state index >= 15 is 0 Å². The quantitative estimate of drug-likeness (QED) is 0.538. The number of aliphatic hydroxyl groups excluding tert-OH is 1. The zero-order valence-corrected chi connectivity index (χ0v) is 9.63. The summed E-state index contributed by atoms with van der Waals surface area (Å²) in [5, 5.41) is 11.4. The summed E-state index contributed by atoms with van der Waals surface area (Å²) in [7, 11) is 0. The molecular weight excluding hydrogens is 194 g/mol. The lowest BCUT2D eigenvalue weighted by atomic mass is 10.2. The number of rotatable bonds is 10. The molecule has 0 spiro atoms. The summed E-state index contributed by atoms with van der Waals surface area (Å²) < 4.78 is 5.20. The summed E-state index contributed by atoms with van der Waals surface area (Å²) in [6, 6.07) is 0. The highest BCUT2D eigenvalue weighted by molar-refractivity contribution is 5.75. The number of ether oxygens (including phenoxy) is 1. The van der Waals surface area contributed by atoms with Gasteiger partial charge in [0.2, 0.25) is 5.91 Å². The van der Waals surface area contributed by atoms with Crippen molar-refractivity contribution in [2.24, 2.45) is 0 Å². The number of aliphatic hydroxyl groups is 1. The first kappa shape index (κ1) is 14.4. The summed E-state index contributed by atoms with van der Waals surface area (Å²) in [5.41, 5.74) is 0. The van der Waals surface area contributed by atoms with Crippen LogP contribution >= 0.6 is 0 Å². The van der Waals surface area contributed by atoms with Gasteiger partial charge in [0.1, 0.15) is 0 Å². The largest absolute Gasteiger partial charge is 0.396 e. The van der Waals surface area contributed by atoms with Crippen LogP contribution in [0.2, 0.25) is 0 Å². The van der Waals surface area contributed by atoms with Gasteiger partial charge in [0, 0.05) is 26.2 Å². The predicted octanol–water partition coefficient (Wildman–Crippen LogP) is 1.08. The molecule has 0 aromatic heterocycles. The Bertz CT molecular complexity index is 151. The average Bonchev–Trinajstić information content (AvgIpc) is 2.24. The average molecular weight is 217 g/mol. The van der Waals surface area contributed by atoms with Gasteiger partial charge in [0.25, 0.3) is 0 Å². The molecule has 0 aliphatic rings. The fourth-order valence-corrected chi connectivity index (χ4v) is 1.14. The van der Waals surface area contributed by atoms with Crippen molar-refractivity contribution in [2.75, 3.05) is 26.4 Å². The zero-order chi connectivity index (χ0) is 11.4. The molecule has 0 bridgehead atoms. The van der Waals surface area contributed by atoms with E-state index in [0.29, 0.717) is 19.6 Å². The van der Waals surface area contributed by atoms with Crippen LogP contribution < -0.4 is 5.32 Å². The van der Waals surface area contributed by atoms with E-state index < -0.39 is 0 Å². The second-order valence-corrected chi connectivity index (χ2v) is 3.50. The van der Waals surface area contributed by atoms with Crippen molar-refractivity contribution in [1.82, 2.24) is 5.32 Å². The highest BCUT2D eigenvalue weighted by Crippen LogP contribution is 1.92. The van der Waals surface area contributed by atoms with Crippen molar-refractivity contribution in [1.29, 1.82) is 0 Å². The monoisotopic (exact) mass is 217 g/mol. The van der Waals surface area contributed by atoms with E-state index in [-0.39, 0.29) is 12.5 Å². The summed E-state index contributed by atoms with van der Waals surface area (Å²) in [4.78, 5) is 11.2. The van der Waals surface area contributed by atoms with Crippen LogP contribution in [0.15, 0.2) is 0 Å². The van der Waals surface area contributed by atoms with Crippen LogP contribution in [0.5, 0.6) is 0 Å². The van der Waals surface area contributed by atoms with E-state index in [2.05, 4.69) is 5.32 Å². The van der Waals surface area contributed by atoms with Crippen LogP contribution in [0, 0.1) is 0 Å². The van der Waals surface area contributed by atoms with Crippen molar-refractivity contribution in [2.45, 2.75) is 39.0 Å². The first-order valence-corrected chi connectivity index (χ1v) is 5.76.